The molecule has 1 aliphatic rings. The van der Waals surface area contributed by atoms with E-state index in [4.69, 9.17) is 23.4 Å². The number of ether oxygens (including phenoxy) is 4. The number of esters is 2. The maximum atomic E-state index is 11.9. The van der Waals surface area contributed by atoms with Crippen LogP contribution in [0.2, 0.25) is 18.1 Å². The molecule has 0 unspecified atom stereocenters. The fraction of sp³-hybridized carbons (Fsp3) is 0.477. The van der Waals surface area contributed by atoms with Gasteiger partial charge in [-0.2, -0.15) is 0 Å². The van der Waals surface area contributed by atoms with Crippen LogP contribution in [0.4, 0.5) is 0 Å². The van der Waals surface area contributed by atoms with E-state index in [0.29, 0.717) is 39.1 Å². The Morgan fingerprint density at radius 1 is 0.868 bits per heavy atom. The largest absolute Gasteiger partial charge is 0.543 e. The molecule has 53 heavy (non-hydrogen) atoms. The second-order valence-electron chi connectivity index (χ2n) is 15.0. The molecule has 1 aromatic heterocycles. The first-order chi connectivity index (χ1) is 25.4. The van der Waals surface area contributed by atoms with Crippen LogP contribution in [0.3, 0.4) is 0 Å². The second-order valence-corrected chi connectivity index (χ2v) is 19.7. The van der Waals surface area contributed by atoms with Crippen LogP contribution < -0.4 is 4.43 Å². The van der Waals surface area contributed by atoms with Crippen molar-refractivity contribution in [3.05, 3.63) is 114 Å². The first kappa shape index (κ1) is 41.7. The monoisotopic (exact) mass is 741 g/mol. The van der Waals surface area contributed by atoms with Gasteiger partial charge in [0.2, 0.25) is 8.32 Å². The molecular weight excluding hydrogens is 683 g/mol. The average Bonchev–Trinajstić information content (AvgIpc) is 3.13. The van der Waals surface area contributed by atoms with Crippen molar-refractivity contribution < 1.29 is 33.0 Å². The maximum Gasteiger partial charge on any atom is 0.306 e. The van der Waals surface area contributed by atoms with Gasteiger partial charge in [-0.05, 0) is 87.4 Å². The number of aromatic nitrogens is 1. The number of hydrogen-bond donors (Lipinski definition) is 0. The zero-order valence-electron chi connectivity index (χ0n) is 32.8. The van der Waals surface area contributed by atoms with Crippen molar-refractivity contribution in [2.75, 3.05) is 19.8 Å². The molecule has 0 bridgehead atoms. The van der Waals surface area contributed by atoms with Gasteiger partial charge in [-0.3, -0.25) is 14.6 Å². The van der Waals surface area contributed by atoms with Crippen molar-refractivity contribution in [2.45, 2.75) is 110 Å². The van der Waals surface area contributed by atoms with Crippen molar-refractivity contribution in [1.29, 1.82) is 0 Å². The van der Waals surface area contributed by atoms with E-state index < -0.39 is 14.6 Å². The van der Waals surface area contributed by atoms with E-state index in [-0.39, 0.29) is 29.0 Å². The lowest BCUT2D eigenvalue weighted by molar-refractivity contribution is -0.244. The highest BCUT2D eigenvalue weighted by molar-refractivity contribution is 6.74. The lowest BCUT2D eigenvalue weighted by Gasteiger charge is -2.40. The minimum Gasteiger partial charge on any atom is -0.543 e. The highest BCUT2D eigenvalue weighted by atomic mass is 28.4. The zero-order valence-corrected chi connectivity index (χ0v) is 33.8. The number of unbranched alkanes of at least 4 members (excludes halogenated alkanes) is 2. The number of para-hydroxylation sites is 1. The molecule has 0 saturated carbocycles. The lowest BCUT2D eigenvalue weighted by atomic mass is 9.91. The Morgan fingerprint density at radius 3 is 2.26 bits per heavy atom. The van der Waals surface area contributed by atoms with E-state index in [2.05, 4.69) is 93.5 Å². The van der Waals surface area contributed by atoms with Gasteiger partial charge in [-0.25, -0.2) is 0 Å². The molecule has 0 N–H and O–H groups in total. The minimum atomic E-state index is -2.14. The molecule has 0 spiro atoms. The summed E-state index contributed by atoms with van der Waals surface area (Å²) in [4.78, 5) is 28.0. The van der Waals surface area contributed by atoms with Crippen molar-refractivity contribution in [3.63, 3.8) is 0 Å². The fourth-order valence-electron chi connectivity index (χ4n) is 5.97. The van der Waals surface area contributed by atoms with Crippen molar-refractivity contribution in [3.8, 4) is 5.75 Å². The molecule has 0 aliphatic carbocycles. The van der Waals surface area contributed by atoms with Gasteiger partial charge in [-0.1, -0.05) is 87.5 Å². The van der Waals surface area contributed by atoms with Gasteiger partial charge >= 0.3 is 11.9 Å². The number of benzene rings is 2. The second kappa shape index (κ2) is 20.4. The van der Waals surface area contributed by atoms with Gasteiger partial charge in [0.1, 0.15) is 5.75 Å². The Kier molecular flexibility index (Phi) is 16.1. The van der Waals surface area contributed by atoms with Crippen LogP contribution in [-0.2, 0) is 28.5 Å². The number of carbonyl (C=O) groups is 2. The van der Waals surface area contributed by atoms with Gasteiger partial charge in [0, 0.05) is 47.8 Å². The van der Waals surface area contributed by atoms with Crippen LogP contribution in [0, 0.1) is 5.92 Å². The molecule has 4 rings (SSSR count). The van der Waals surface area contributed by atoms with Gasteiger partial charge < -0.3 is 23.4 Å². The summed E-state index contributed by atoms with van der Waals surface area (Å²) >= 11 is 0. The summed E-state index contributed by atoms with van der Waals surface area (Å²) in [5, 5.41) is 0.0355. The zero-order chi connectivity index (χ0) is 38.3. The van der Waals surface area contributed by atoms with Crippen LogP contribution in [0.25, 0.3) is 5.57 Å². The van der Waals surface area contributed by atoms with Crippen molar-refractivity contribution in [1.82, 2.24) is 4.98 Å². The van der Waals surface area contributed by atoms with E-state index in [1.54, 1.807) is 6.20 Å². The van der Waals surface area contributed by atoms with E-state index in [1.807, 2.05) is 44.3 Å². The molecule has 9 heteroatoms. The molecule has 1 saturated heterocycles. The Labute approximate surface area is 318 Å². The fourth-order valence-corrected chi connectivity index (χ4v) is 7.01. The summed E-state index contributed by atoms with van der Waals surface area (Å²) < 4.78 is 30.4. The minimum absolute atomic E-state index is 0.0355. The smallest absolute Gasteiger partial charge is 0.306 e. The first-order valence-electron chi connectivity index (χ1n) is 19.2. The van der Waals surface area contributed by atoms with Crippen LogP contribution in [0.1, 0.15) is 114 Å². The summed E-state index contributed by atoms with van der Waals surface area (Å²) in [6, 6.07) is 20.7. The summed E-state index contributed by atoms with van der Waals surface area (Å²) in [5.41, 5.74) is 5.16. The van der Waals surface area contributed by atoms with Crippen molar-refractivity contribution in [2.24, 2.45) is 5.92 Å². The number of hydrogen-bond acceptors (Lipinski definition) is 8. The number of nitrogens with zero attached hydrogens (tertiary/aromatic N) is 1. The third-order valence-corrected chi connectivity index (χ3v) is 14.3. The molecule has 3 atom stereocenters. The third kappa shape index (κ3) is 12.5. The predicted octanol–water partition coefficient (Wildman–Crippen LogP) is 10.7. The molecule has 1 aliphatic heterocycles. The SMILES string of the molecule is CCOC(=O)CC/C=C\C[C@@H]1CO[C@H](c2ccc(/C(=C\CCCCC(=O)OCC)c3cccnc3)cc2)O[C@@H]1c1ccccc1O[Si](C)(C)C(C)(C)C. The topological polar surface area (TPSA) is 93.2 Å². The normalized spacial score (nSPS) is 18.2. The molecule has 3 aromatic rings. The van der Waals surface area contributed by atoms with Crippen molar-refractivity contribution >= 4 is 25.8 Å². The highest BCUT2D eigenvalue weighted by Gasteiger charge is 2.41. The molecule has 8 nitrogen and oxygen atoms in total. The van der Waals surface area contributed by atoms with Gasteiger partial charge in [-0.15, -0.1) is 0 Å². The lowest BCUT2D eigenvalue weighted by Crippen LogP contribution is -2.44. The Bertz CT molecular complexity index is 1650. The summed E-state index contributed by atoms with van der Waals surface area (Å²) in [6.45, 7) is 16.2. The van der Waals surface area contributed by atoms with Crippen LogP contribution in [0.5, 0.6) is 5.75 Å². The summed E-state index contributed by atoms with van der Waals surface area (Å²) in [7, 11) is -2.14. The molecular formula is C44H59NO7Si. The molecule has 2 aromatic carbocycles. The molecule has 0 radical (unpaired) electrons. The number of carbonyl (C=O) groups excluding carboxylic acids is 2. The van der Waals surface area contributed by atoms with Gasteiger partial charge in [0.05, 0.1) is 25.9 Å². The van der Waals surface area contributed by atoms with Crippen LogP contribution in [0.15, 0.2) is 91.3 Å². The summed E-state index contributed by atoms with van der Waals surface area (Å²) in [6.07, 6.45) is 13.9. The molecule has 286 valence electrons. The quantitative estimate of drug-likeness (QED) is 0.0551. The third-order valence-electron chi connectivity index (χ3n) is 9.94. The van der Waals surface area contributed by atoms with E-state index in [9.17, 15) is 9.59 Å². The van der Waals surface area contributed by atoms with Gasteiger partial charge in [0.25, 0.3) is 0 Å². The summed E-state index contributed by atoms with van der Waals surface area (Å²) in [5.74, 6) is 0.579. The maximum absolute atomic E-state index is 11.9. The Balaban J connectivity index is 1.56. The standard InChI is InChI=1S/C44H59NO7Si/c1-8-48-40(46)24-14-10-12-19-36-32-50-43(51-42(36)38-22-16-17-23-39(38)52-53(6,7)44(3,4)5)34-28-26-33(27-29-34)37(35-20-18-30-45-31-35)21-13-11-15-25-41(47)49-9-2/h10,12,16-18,20-23,26-31,36,42-43H,8-9,11,13-15,19,24-25,32H2,1-7H3/b12-10-,37-21+/t36-,42+,43+/m1/s1. The Hall–Kier alpha value is -4.05. The average molecular weight is 742 g/mol. The number of rotatable bonds is 18. The Morgan fingerprint density at radius 2 is 1.58 bits per heavy atom. The first-order valence-corrected chi connectivity index (χ1v) is 22.1. The van der Waals surface area contributed by atoms with Crippen LogP contribution in [-0.4, -0.2) is 45.1 Å². The van der Waals surface area contributed by atoms with E-state index >= 15 is 0 Å². The van der Waals surface area contributed by atoms with Gasteiger partial charge in [0.15, 0.2) is 6.29 Å². The van der Waals surface area contributed by atoms with E-state index in [0.717, 1.165) is 59.3 Å². The van der Waals surface area contributed by atoms with Crippen LogP contribution >= 0.6 is 0 Å². The molecule has 2 heterocycles. The van der Waals surface area contributed by atoms with E-state index in [1.165, 1.54) is 0 Å². The molecule has 0 amide bonds. The molecule has 1 fully saturated rings. The predicted molar refractivity (Wildman–Crippen MR) is 213 cm³/mol. The highest BCUT2D eigenvalue weighted by Crippen LogP contribution is 2.45. The number of allylic oxidation sites excluding steroid dienone is 3. The number of pyridine rings is 1.